The van der Waals surface area contributed by atoms with Crippen molar-refractivity contribution in [2.75, 3.05) is 0 Å². The minimum absolute atomic E-state index is 0.0781. The van der Waals surface area contributed by atoms with E-state index in [2.05, 4.69) is 6.08 Å². The molecule has 1 aromatic carbocycles. The van der Waals surface area contributed by atoms with Crippen molar-refractivity contribution >= 4 is 5.57 Å². The second-order valence-electron chi connectivity index (χ2n) is 3.41. The monoisotopic (exact) mass is 200 g/mol. The molecule has 0 spiro atoms. The second kappa shape index (κ2) is 4.05. The average molecular weight is 200 g/mol. The van der Waals surface area contributed by atoms with Gasteiger partial charge in [-0.1, -0.05) is 36.4 Å². The van der Waals surface area contributed by atoms with Crippen LogP contribution in [-0.2, 0) is 0 Å². The van der Waals surface area contributed by atoms with Gasteiger partial charge >= 0.3 is 0 Å². The number of hydrogen-bond acceptors (Lipinski definition) is 2. The van der Waals surface area contributed by atoms with Crippen molar-refractivity contribution in [2.24, 2.45) is 0 Å². The fourth-order valence-electron chi connectivity index (χ4n) is 1.51. The topological polar surface area (TPSA) is 40.5 Å². The third kappa shape index (κ3) is 2.10. The number of phenolic OH excluding ortho intramolecular Hbond substituents is 2. The maximum atomic E-state index is 9.39. The summed E-state index contributed by atoms with van der Waals surface area (Å²) in [5.41, 5.74) is 2.05. The van der Waals surface area contributed by atoms with E-state index in [1.165, 1.54) is 6.07 Å². The Morgan fingerprint density at radius 1 is 0.933 bits per heavy atom. The molecule has 1 aromatic rings. The summed E-state index contributed by atoms with van der Waals surface area (Å²) in [6.45, 7) is 0. The molecule has 2 nitrogen and oxygen atoms in total. The van der Waals surface area contributed by atoms with Gasteiger partial charge in [-0.05, 0) is 29.7 Å². The lowest BCUT2D eigenvalue weighted by molar-refractivity contribution is 0.403. The Kier molecular flexibility index (Phi) is 2.59. The zero-order valence-electron chi connectivity index (χ0n) is 8.22. The van der Waals surface area contributed by atoms with Crippen molar-refractivity contribution < 1.29 is 10.2 Å². The molecule has 2 rings (SSSR count). The normalized spacial score (nSPS) is 14.8. The Morgan fingerprint density at radius 3 is 2.60 bits per heavy atom. The van der Waals surface area contributed by atoms with Crippen LogP contribution in [0.4, 0.5) is 0 Å². The molecule has 0 bridgehead atoms. The van der Waals surface area contributed by atoms with Gasteiger partial charge in [0.05, 0.1) is 0 Å². The minimum Gasteiger partial charge on any atom is -0.504 e. The maximum absolute atomic E-state index is 9.39. The Bertz CT molecular complexity index is 454. The van der Waals surface area contributed by atoms with Crippen LogP contribution in [-0.4, -0.2) is 10.2 Å². The minimum atomic E-state index is -0.0842. The first-order valence-corrected chi connectivity index (χ1v) is 4.82. The van der Waals surface area contributed by atoms with E-state index in [0.29, 0.717) is 0 Å². The summed E-state index contributed by atoms with van der Waals surface area (Å²) in [6, 6.07) is 4.88. The molecule has 2 N–H and O–H groups in total. The van der Waals surface area contributed by atoms with Crippen LogP contribution in [0.2, 0.25) is 0 Å². The van der Waals surface area contributed by atoms with E-state index in [9.17, 15) is 10.2 Å². The van der Waals surface area contributed by atoms with Crippen molar-refractivity contribution in [2.45, 2.75) is 6.42 Å². The quantitative estimate of drug-likeness (QED) is 0.684. The summed E-state index contributed by atoms with van der Waals surface area (Å²) in [6.07, 6.45) is 10.8. The van der Waals surface area contributed by atoms with Crippen molar-refractivity contribution in [3.05, 3.63) is 54.1 Å². The van der Waals surface area contributed by atoms with Crippen molar-refractivity contribution in [1.29, 1.82) is 0 Å². The molecule has 0 radical (unpaired) electrons. The van der Waals surface area contributed by atoms with Crippen molar-refractivity contribution in [3.8, 4) is 11.5 Å². The highest BCUT2D eigenvalue weighted by molar-refractivity contribution is 5.70. The smallest absolute Gasteiger partial charge is 0.157 e. The summed E-state index contributed by atoms with van der Waals surface area (Å²) >= 11 is 0. The lowest BCUT2D eigenvalue weighted by atomic mass is 10.0. The van der Waals surface area contributed by atoms with Crippen LogP contribution in [0.3, 0.4) is 0 Å². The van der Waals surface area contributed by atoms with Crippen LogP contribution in [0.1, 0.15) is 12.0 Å². The van der Waals surface area contributed by atoms with Crippen LogP contribution < -0.4 is 0 Å². The van der Waals surface area contributed by atoms with Gasteiger partial charge in [-0.15, -0.1) is 0 Å². The zero-order chi connectivity index (χ0) is 10.7. The molecular weight excluding hydrogens is 188 g/mol. The van der Waals surface area contributed by atoms with Gasteiger partial charge in [0, 0.05) is 0 Å². The number of hydrogen-bond donors (Lipinski definition) is 2. The van der Waals surface area contributed by atoms with Crippen LogP contribution in [0.25, 0.3) is 5.57 Å². The molecule has 0 saturated heterocycles. The molecule has 0 aromatic heterocycles. The van der Waals surface area contributed by atoms with E-state index < -0.39 is 0 Å². The predicted octanol–water partition coefficient (Wildman–Crippen LogP) is 3.00. The number of benzene rings is 1. The first-order valence-electron chi connectivity index (χ1n) is 4.82. The van der Waals surface area contributed by atoms with Crippen LogP contribution in [0.5, 0.6) is 11.5 Å². The number of rotatable bonds is 1. The lowest BCUT2D eigenvalue weighted by Crippen LogP contribution is -1.82. The van der Waals surface area contributed by atoms with Gasteiger partial charge in [0.15, 0.2) is 11.5 Å². The highest BCUT2D eigenvalue weighted by Crippen LogP contribution is 2.30. The summed E-state index contributed by atoms with van der Waals surface area (Å²) in [7, 11) is 0. The molecule has 0 amide bonds. The van der Waals surface area contributed by atoms with Crippen LogP contribution >= 0.6 is 0 Å². The van der Waals surface area contributed by atoms with Gasteiger partial charge in [0.1, 0.15) is 0 Å². The first-order chi connectivity index (χ1) is 7.27. The SMILES string of the molecule is Oc1ccc(C2=CC=CC=CC2)cc1O. The molecule has 0 atom stereocenters. The average Bonchev–Trinajstić information content (AvgIpc) is 2.50. The highest BCUT2D eigenvalue weighted by atomic mass is 16.3. The van der Waals surface area contributed by atoms with Crippen molar-refractivity contribution in [3.63, 3.8) is 0 Å². The molecule has 1 aliphatic rings. The largest absolute Gasteiger partial charge is 0.504 e. The van der Waals surface area contributed by atoms with Gasteiger partial charge in [-0.25, -0.2) is 0 Å². The highest BCUT2D eigenvalue weighted by Gasteiger charge is 2.04. The van der Waals surface area contributed by atoms with Gasteiger partial charge in [-0.2, -0.15) is 0 Å². The molecule has 0 heterocycles. The Labute approximate surface area is 88.5 Å². The third-order valence-electron chi connectivity index (χ3n) is 2.34. The van der Waals surface area contributed by atoms with Gasteiger partial charge in [-0.3, -0.25) is 0 Å². The third-order valence-corrected chi connectivity index (χ3v) is 2.34. The first kappa shape index (κ1) is 9.59. The van der Waals surface area contributed by atoms with Gasteiger partial charge in [0.25, 0.3) is 0 Å². The molecule has 15 heavy (non-hydrogen) atoms. The Balaban J connectivity index is 2.37. The molecule has 76 valence electrons. The zero-order valence-corrected chi connectivity index (χ0v) is 8.22. The summed E-state index contributed by atoms with van der Waals surface area (Å²) < 4.78 is 0. The Hall–Kier alpha value is -1.96. The van der Waals surface area contributed by atoms with E-state index in [4.69, 9.17) is 0 Å². The van der Waals surface area contributed by atoms with E-state index in [-0.39, 0.29) is 11.5 Å². The number of allylic oxidation sites excluding steroid dienone is 6. The summed E-state index contributed by atoms with van der Waals surface area (Å²) in [5.74, 6) is -0.162. The van der Waals surface area contributed by atoms with E-state index in [1.807, 2.05) is 24.3 Å². The molecule has 0 unspecified atom stereocenters. The summed E-state index contributed by atoms with van der Waals surface area (Å²) in [4.78, 5) is 0. The molecule has 0 saturated carbocycles. The van der Waals surface area contributed by atoms with Crippen LogP contribution in [0.15, 0.2) is 48.6 Å². The molecule has 0 aliphatic heterocycles. The van der Waals surface area contributed by atoms with Crippen LogP contribution in [0, 0.1) is 0 Å². The number of aromatic hydroxyl groups is 2. The fraction of sp³-hybridized carbons (Fsp3) is 0.0769. The van der Waals surface area contributed by atoms with E-state index >= 15 is 0 Å². The van der Waals surface area contributed by atoms with Crippen molar-refractivity contribution in [1.82, 2.24) is 0 Å². The molecule has 1 aliphatic carbocycles. The number of phenols is 2. The fourth-order valence-corrected chi connectivity index (χ4v) is 1.51. The lowest BCUT2D eigenvalue weighted by Gasteiger charge is -2.05. The Morgan fingerprint density at radius 2 is 1.80 bits per heavy atom. The van der Waals surface area contributed by atoms with Gasteiger partial charge < -0.3 is 10.2 Å². The summed E-state index contributed by atoms with van der Waals surface area (Å²) in [5, 5.41) is 18.6. The van der Waals surface area contributed by atoms with E-state index in [0.717, 1.165) is 17.6 Å². The van der Waals surface area contributed by atoms with E-state index in [1.54, 1.807) is 12.1 Å². The maximum Gasteiger partial charge on any atom is 0.157 e. The molecular formula is C13H12O2. The standard InChI is InChI=1S/C13H12O2/c14-12-8-7-11(9-13(12)15)10-5-3-1-2-4-6-10/h1-5,7-9,14-15H,6H2. The molecule has 2 heteroatoms. The predicted molar refractivity (Wildman–Crippen MR) is 60.6 cm³/mol. The molecule has 0 fully saturated rings. The van der Waals surface area contributed by atoms with Gasteiger partial charge in [0.2, 0.25) is 0 Å². The second-order valence-corrected chi connectivity index (χ2v) is 3.41.